The van der Waals surface area contributed by atoms with Gasteiger partial charge in [-0.3, -0.25) is 9.59 Å². The van der Waals surface area contributed by atoms with Gasteiger partial charge in [-0.05, 0) is 63.8 Å². The quantitative estimate of drug-likeness (QED) is 0.365. The van der Waals surface area contributed by atoms with Gasteiger partial charge in [0.1, 0.15) is 17.5 Å². The molecule has 2 aromatic carbocycles. The molecular weight excluding hydrogens is 456 g/mol. The summed E-state index contributed by atoms with van der Waals surface area (Å²) in [6, 6.07) is 7.95. The third-order valence-corrected chi connectivity index (χ3v) is 6.95. The van der Waals surface area contributed by atoms with Crippen molar-refractivity contribution < 1.29 is 24.2 Å². The summed E-state index contributed by atoms with van der Waals surface area (Å²) in [7, 11) is 3.26. The summed E-state index contributed by atoms with van der Waals surface area (Å²) in [4.78, 5) is 24.0. The standard InChI is InChI=1S/C29H38N2O5/c1-7-20(28(32)30-19(4)29(33)34)16-24-17(2)27(36-6)25(18(3)26(24)35-5)21-12-14-23(15-13-21)31-22-10-8-9-11-22/h12-16,19,22,31H,7-11H2,1-6H3,(H,30,32)(H,33,34)/t19-/m1/s1. The largest absolute Gasteiger partial charge is 0.496 e. The van der Waals surface area contributed by atoms with Crippen LogP contribution in [0.5, 0.6) is 11.5 Å². The van der Waals surface area contributed by atoms with Crippen LogP contribution < -0.4 is 20.1 Å². The summed E-state index contributed by atoms with van der Waals surface area (Å²) in [5.41, 5.74) is 6.01. The molecule has 7 nitrogen and oxygen atoms in total. The van der Waals surface area contributed by atoms with E-state index in [0.717, 1.165) is 33.5 Å². The molecule has 0 aromatic heterocycles. The van der Waals surface area contributed by atoms with Crippen molar-refractivity contribution in [3.8, 4) is 22.6 Å². The Balaban J connectivity index is 2.03. The Morgan fingerprint density at radius 3 is 2.19 bits per heavy atom. The number of carboxylic acids is 1. The van der Waals surface area contributed by atoms with Crippen LogP contribution in [-0.4, -0.2) is 43.3 Å². The van der Waals surface area contributed by atoms with Gasteiger partial charge in [-0.1, -0.05) is 31.9 Å². The molecule has 1 amide bonds. The maximum Gasteiger partial charge on any atom is 0.325 e. The summed E-state index contributed by atoms with van der Waals surface area (Å²) >= 11 is 0. The molecular formula is C29H38N2O5. The molecule has 1 aliphatic carbocycles. The van der Waals surface area contributed by atoms with Crippen LogP contribution in [-0.2, 0) is 9.59 Å². The molecule has 1 aliphatic rings. The maximum atomic E-state index is 12.8. The minimum absolute atomic E-state index is 0.417. The summed E-state index contributed by atoms with van der Waals surface area (Å²) in [5.74, 6) is -0.133. The van der Waals surface area contributed by atoms with Gasteiger partial charge < -0.3 is 25.2 Å². The van der Waals surface area contributed by atoms with Crippen molar-refractivity contribution in [3.63, 3.8) is 0 Å². The van der Waals surface area contributed by atoms with Crippen LogP contribution in [0.2, 0.25) is 0 Å². The highest BCUT2D eigenvalue weighted by Crippen LogP contribution is 2.45. The molecule has 2 aromatic rings. The van der Waals surface area contributed by atoms with E-state index in [1.165, 1.54) is 32.6 Å². The molecule has 0 radical (unpaired) electrons. The van der Waals surface area contributed by atoms with Gasteiger partial charge in [0.2, 0.25) is 5.91 Å². The Labute approximate surface area is 213 Å². The van der Waals surface area contributed by atoms with E-state index < -0.39 is 17.9 Å². The van der Waals surface area contributed by atoms with E-state index in [1.807, 2.05) is 20.8 Å². The lowest BCUT2D eigenvalue weighted by Crippen LogP contribution is -2.39. The first-order valence-corrected chi connectivity index (χ1v) is 12.6. The van der Waals surface area contributed by atoms with Crippen molar-refractivity contribution in [1.29, 1.82) is 0 Å². The number of carbonyl (C=O) groups excluding carboxylic acids is 1. The first-order chi connectivity index (χ1) is 17.2. The van der Waals surface area contributed by atoms with Crippen LogP contribution >= 0.6 is 0 Å². The summed E-state index contributed by atoms with van der Waals surface area (Å²) < 4.78 is 11.7. The van der Waals surface area contributed by atoms with Crippen molar-refractivity contribution in [2.24, 2.45) is 0 Å². The van der Waals surface area contributed by atoms with Crippen molar-refractivity contribution in [1.82, 2.24) is 5.32 Å². The van der Waals surface area contributed by atoms with Gasteiger partial charge in [0.15, 0.2) is 0 Å². The highest BCUT2D eigenvalue weighted by Gasteiger charge is 2.23. The Hall–Kier alpha value is -3.48. The zero-order chi connectivity index (χ0) is 26.4. The van der Waals surface area contributed by atoms with E-state index in [9.17, 15) is 9.59 Å². The number of amides is 1. The summed E-state index contributed by atoms with van der Waals surface area (Å²) in [6.45, 7) is 7.22. The number of nitrogens with one attached hydrogen (secondary N) is 2. The number of ether oxygens (including phenoxy) is 2. The fraction of sp³-hybridized carbons (Fsp3) is 0.448. The average molecular weight is 495 g/mol. The molecule has 0 bridgehead atoms. The van der Waals surface area contributed by atoms with Crippen LogP contribution in [0.25, 0.3) is 17.2 Å². The van der Waals surface area contributed by atoms with E-state index in [1.54, 1.807) is 20.3 Å². The lowest BCUT2D eigenvalue weighted by Gasteiger charge is -2.22. The zero-order valence-corrected chi connectivity index (χ0v) is 22.2. The Morgan fingerprint density at radius 1 is 1.06 bits per heavy atom. The van der Waals surface area contributed by atoms with E-state index in [2.05, 4.69) is 34.9 Å². The minimum Gasteiger partial charge on any atom is -0.496 e. The second-order valence-corrected chi connectivity index (χ2v) is 9.36. The highest BCUT2D eigenvalue weighted by atomic mass is 16.5. The molecule has 194 valence electrons. The average Bonchev–Trinajstić information content (AvgIpc) is 3.37. The van der Waals surface area contributed by atoms with Crippen LogP contribution in [0.4, 0.5) is 5.69 Å². The first-order valence-electron chi connectivity index (χ1n) is 12.6. The SMILES string of the molecule is CCC(=Cc1c(C)c(OC)c(-c2ccc(NC3CCCC3)cc2)c(C)c1OC)C(=O)N[C@H](C)C(=O)O. The van der Waals surface area contributed by atoms with Crippen molar-refractivity contribution in [2.45, 2.75) is 71.9 Å². The monoisotopic (exact) mass is 494 g/mol. The Kier molecular flexibility index (Phi) is 9.02. The van der Waals surface area contributed by atoms with Crippen LogP contribution in [0, 0.1) is 13.8 Å². The van der Waals surface area contributed by atoms with Crippen molar-refractivity contribution in [3.05, 3.63) is 46.5 Å². The smallest absolute Gasteiger partial charge is 0.325 e. The molecule has 3 rings (SSSR count). The number of carboxylic acid groups (broad SMARTS) is 1. The number of anilines is 1. The molecule has 1 saturated carbocycles. The predicted octanol–water partition coefficient (Wildman–Crippen LogP) is 5.72. The molecule has 0 heterocycles. The molecule has 36 heavy (non-hydrogen) atoms. The number of carbonyl (C=O) groups is 2. The summed E-state index contributed by atoms with van der Waals surface area (Å²) in [5, 5.41) is 15.3. The van der Waals surface area contributed by atoms with Gasteiger partial charge in [-0.2, -0.15) is 0 Å². The molecule has 3 N–H and O–H groups in total. The second kappa shape index (κ2) is 12.0. The fourth-order valence-electron chi connectivity index (χ4n) is 4.90. The van der Waals surface area contributed by atoms with Gasteiger partial charge in [-0.25, -0.2) is 0 Å². The molecule has 0 unspecified atom stereocenters. The number of methoxy groups -OCH3 is 2. The number of aliphatic carboxylic acids is 1. The molecule has 1 atom stereocenters. The molecule has 7 heteroatoms. The van der Waals surface area contributed by atoms with Gasteiger partial charge >= 0.3 is 5.97 Å². The molecule has 1 fully saturated rings. The van der Waals surface area contributed by atoms with Gasteiger partial charge in [0, 0.05) is 39.6 Å². The number of hydrogen-bond acceptors (Lipinski definition) is 5. The van der Waals surface area contributed by atoms with Crippen LogP contribution in [0.3, 0.4) is 0 Å². The van der Waals surface area contributed by atoms with E-state index in [0.29, 0.717) is 29.5 Å². The topological polar surface area (TPSA) is 96.9 Å². The fourth-order valence-corrected chi connectivity index (χ4v) is 4.90. The van der Waals surface area contributed by atoms with Crippen molar-refractivity contribution in [2.75, 3.05) is 19.5 Å². The van der Waals surface area contributed by atoms with E-state index in [-0.39, 0.29) is 0 Å². The maximum absolute atomic E-state index is 12.8. The second-order valence-electron chi connectivity index (χ2n) is 9.36. The van der Waals surface area contributed by atoms with Crippen molar-refractivity contribution >= 4 is 23.6 Å². The van der Waals surface area contributed by atoms with Crippen LogP contribution in [0.15, 0.2) is 29.8 Å². The minimum atomic E-state index is -1.08. The van der Waals surface area contributed by atoms with Gasteiger partial charge in [0.25, 0.3) is 0 Å². The van der Waals surface area contributed by atoms with Gasteiger partial charge in [-0.15, -0.1) is 0 Å². The van der Waals surface area contributed by atoms with Gasteiger partial charge in [0.05, 0.1) is 14.2 Å². The molecule has 0 spiro atoms. The Bertz CT molecular complexity index is 1130. The lowest BCUT2D eigenvalue weighted by molar-refractivity contribution is -0.140. The third-order valence-electron chi connectivity index (χ3n) is 6.95. The Morgan fingerprint density at radius 2 is 1.67 bits per heavy atom. The molecule has 0 aliphatic heterocycles. The third kappa shape index (κ3) is 5.83. The summed E-state index contributed by atoms with van der Waals surface area (Å²) in [6.07, 6.45) is 7.20. The molecule has 0 saturated heterocycles. The number of hydrogen-bond donors (Lipinski definition) is 3. The normalized spacial score (nSPS) is 14.9. The van der Waals surface area contributed by atoms with E-state index in [4.69, 9.17) is 14.6 Å². The number of rotatable bonds is 10. The lowest BCUT2D eigenvalue weighted by atomic mass is 9.90. The zero-order valence-electron chi connectivity index (χ0n) is 22.2. The number of benzene rings is 2. The van der Waals surface area contributed by atoms with E-state index >= 15 is 0 Å². The van der Waals surface area contributed by atoms with Crippen LogP contribution in [0.1, 0.15) is 62.6 Å². The predicted molar refractivity (Wildman–Crippen MR) is 144 cm³/mol. The highest BCUT2D eigenvalue weighted by molar-refractivity contribution is 6.00. The first kappa shape index (κ1) is 27.1.